The molecular weight excluding hydrogens is 481 g/mol. The minimum absolute atomic E-state index is 0.00489. The predicted molar refractivity (Wildman–Crippen MR) is 134 cm³/mol. The topological polar surface area (TPSA) is 118 Å². The number of anilines is 2. The molecule has 36 heavy (non-hydrogen) atoms. The summed E-state index contributed by atoms with van der Waals surface area (Å²) in [4.78, 5) is 39.3. The van der Waals surface area contributed by atoms with Crippen molar-refractivity contribution >= 4 is 33.2 Å². The van der Waals surface area contributed by atoms with Gasteiger partial charge in [0.15, 0.2) is 0 Å². The molecule has 11 heteroatoms. The third-order valence-corrected chi connectivity index (χ3v) is 6.37. The van der Waals surface area contributed by atoms with Gasteiger partial charge >= 0.3 is 11.4 Å². The Morgan fingerprint density at radius 1 is 1.08 bits per heavy atom. The van der Waals surface area contributed by atoms with Crippen molar-refractivity contribution in [3.8, 4) is 11.8 Å². The second kappa shape index (κ2) is 9.16. The van der Waals surface area contributed by atoms with Crippen LogP contribution in [0.3, 0.4) is 0 Å². The number of aromatic nitrogens is 5. The molecule has 0 saturated heterocycles. The lowest BCUT2D eigenvalue weighted by Crippen LogP contribution is -2.41. The average molecular weight is 500 g/mol. The molecule has 0 aliphatic carbocycles. The second-order valence-corrected chi connectivity index (χ2v) is 9.34. The standard InChI is InChI=1S/C25H18FN7O2S/c1-14-7-19(12-28-11-14)33-24(34)31-23(30-18-4-6-21-22(9-18)36-15(2)29-21)32(25(33)35)13-16-3-5-20(26)17(8-16)10-27/h3-9,11-12H,13H2,1-2H3,(H,30,31,34). The molecule has 178 valence electrons. The molecule has 0 amide bonds. The first-order valence-electron chi connectivity index (χ1n) is 10.8. The summed E-state index contributed by atoms with van der Waals surface area (Å²) in [6.45, 7) is 3.64. The molecule has 0 bridgehead atoms. The van der Waals surface area contributed by atoms with Gasteiger partial charge in [-0.05, 0) is 61.4 Å². The number of thiazole rings is 1. The smallest absolute Gasteiger partial charge is 0.325 e. The number of halogens is 1. The highest BCUT2D eigenvalue weighted by molar-refractivity contribution is 7.18. The van der Waals surface area contributed by atoms with Gasteiger partial charge in [0.2, 0.25) is 5.95 Å². The molecule has 0 saturated carbocycles. The van der Waals surface area contributed by atoms with E-state index in [2.05, 4.69) is 20.3 Å². The number of hydrogen-bond donors (Lipinski definition) is 1. The summed E-state index contributed by atoms with van der Waals surface area (Å²) in [6, 6.07) is 12.9. The van der Waals surface area contributed by atoms with Crippen LogP contribution in [0, 0.1) is 31.0 Å². The number of pyridine rings is 1. The van der Waals surface area contributed by atoms with E-state index in [0.29, 0.717) is 11.3 Å². The van der Waals surface area contributed by atoms with Crippen LogP contribution in [-0.2, 0) is 6.54 Å². The summed E-state index contributed by atoms with van der Waals surface area (Å²) in [7, 11) is 0. The van der Waals surface area contributed by atoms with Crippen molar-refractivity contribution in [3.63, 3.8) is 0 Å². The van der Waals surface area contributed by atoms with E-state index >= 15 is 0 Å². The van der Waals surface area contributed by atoms with Gasteiger partial charge in [-0.15, -0.1) is 11.3 Å². The van der Waals surface area contributed by atoms with Gasteiger partial charge in [-0.1, -0.05) is 6.07 Å². The van der Waals surface area contributed by atoms with Crippen molar-refractivity contribution in [3.05, 3.63) is 103 Å². The molecule has 5 rings (SSSR count). The molecule has 0 aliphatic heterocycles. The number of benzene rings is 2. The lowest BCUT2D eigenvalue weighted by Gasteiger charge is -2.16. The molecule has 3 heterocycles. The maximum atomic E-state index is 13.9. The van der Waals surface area contributed by atoms with Crippen LogP contribution < -0.4 is 16.7 Å². The minimum Gasteiger partial charge on any atom is -0.325 e. The zero-order valence-electron chi connectivity index (χ0n) is 19.2. The van der Waals surface area contributed by atoms with Crippen molar-refractivity contribution in [2.24, 2.45) is 0 Å². The zero-order valence-corrected chi connectivity index (χ0v) is 20.0. The highest BCUT2D eigenvalue weighted by Gasteiger charge is 2.17. The Kier molecular flexibility index (Phi) is 5.87. The summed E-state index contributed by atoms with van der Waals surface area (Å²) >= 11 is 1.52. The summed E-state index contributed by atoms with van der Waals surface area (Å²) in [5.41, 5.74) is 1.38. The van der Waals surface area contributed by atoms with Gasteiger partial charge in [-0.3, -0.25) is 9.55 Å². The summed E-state index contributed by atoms with van der Waals surface area (Å²) < 4.78 is 17.0. The maximum Gasteiger partial charge on any atom is 0.359 e. The number of nitrogens with zero attached hydrogens (tertiary/aromatic N) is 6. The van der Waals surface area contributed by atoms with Gasteiger partial charge in [-0.25, -0.2) is 23.5 Å². The van der Waals surface area contributed by atoms with Gasteiger partial charge in [0.1, 0.15) is 11.9 Å². The predicted octanol–water partition coefficient (Wildman–Crippen LogP) is 3.82. The highest BCUT2D eigenvalue weighted by Crippen LogP contribution is 2.26. The number of nitrogens with one attached hydrogen (secondary N) is 1. The van der Waals surface area contributed by atoms with Crippen molar-refractivity contribution < 1.29 is 4.39 Å². The monoisotopic (exact) mass is 499 g/mol. The Hall–Kier alpha value is -4.69. The van der Waals surface area contributed by atoms with Crippen LogP contribution in [0.5, 0.6) is 0 Å². The Morgan fingerprint density at radius 3 is 2.69 bits per heavy atom. The Balaban J connectivity index is 1.66. The third kappa shape index (κ3) is 4.37. The van der Waals surface area contributed by atoms with Crippen LogP contribution in [0.25, 0.3) is 15.9 Å². The zero-order chi connectivity index (χ0) is 25.4. The number of nitriles is 1. The molecular formula is C25H18FN7O2S. The number of aryl methyl sites for hydroxylation is 2. The summed E-state index contributed by atoms with van der Waals surface area (Å²) in [5.74, 6) is -0.653. The van der Waals surface area contributed by atoms with E-state index < -0.39 is 17.2 Å². The lowest BCUT2D eigenvalue weighted by molar-refractivity contribution is 0.620. The second-order valence-electron chi connectivity index (χ2n) is 8.11. The molecule has 5 aromatic rings. The normalized spacial score (nSPS) is 10.9. The molecule has 0 fully saturated rings. The van der Waals surface area contributed by atoms with Crippen LogP contribution in [0.4, 0.5) is 16.0 Å². The molecule has 0 aliphatic rings. The first-order valence-corrected chi connectivity index (χ1v) is 11.6. The quantitative estimate of drug-likeness (QED) is 0.391. The molecule has 0 radical (unpaired) electrons. The number of hydrogen-bond acceptors (Lipinski definition) is 8. The van der Waals surface area contributed by atoms with E-state index in [4.69, 9.17) is 0 Å². The van der Waals surface area contributed by atoms with Crippen LogP contribution in [0.15, 0.2) is 64.4 Å². The van der Waals surface area contributed by atoms with E-state index in [0.717, 1.165) is 25.4 Å². The van der Waals surface area contributed by atoms with Gasteiger partial charge in [0, 0.05) is 11.9 Å². The summed E-state index contributed by atoms with van der Waals surface area (Å²) in [5, 5.41) is 13.2. The highest BCUT2D eigenvalue weighted by atomic mass is 32.1. The van der Waals surface area contributed by atoms with Crippen molar-refractivity contribution in [2.75, 3.05) is 5.32 Å². The van der Waals surface area contributed by atoms with Gasteiger partial charge in [0.25, 0.3) is 0 Å². The Labute approximate surface area is 207 Å². The van der Waals surface area contributed by atoms with Crippen LogP contribution in [-0.4, -0.2) is 24.1 Å². The fraction of sp³-hybridized carbons (Fsp3) is 0.120. The number of rotatable bonds is 5. The molecule has 0 atom stereocenters. The average Bonchev–Trinajstić information content (AvgIpc) is 3.22. The lowest BCUT2D eigenvalue weighted by atomic mass is 10.1. The third-order valence-electron chi connectivity index (χ3n) is 5.43. The first kappa shape index (κ1) is 23.1. The van der Waals surface area contributed by atoms with Gasteiger partial charge in [-0.2, -0.15) is 10.2 Å². The van der Waals surface area contributed by atoms with Gasteiger partial charge in [0.05, 0.1) is 39.2 Å². The molecule has 9 nitrogen and oxygen atoms in total. The molecule has 0 unspecified atom stereocenters. The van der Waals surface area contributed by atoms with Gasteiger partial charge < -0.3 is 5.32 Å². The SMILES string of the molecule is Cc1cncc(-n2c(=O)nc(Nc3ccc4nc(C)sc4c3)n(Cc3ccc(F)c(C#N)c3)c2=O)c1. The maximum absolute atomic E-state index is 13.9. The molecule has 1 N–H and O–H groups in total. The first-order chi connectivity index (χ1) is 17.3. The van der Waals surface area contributed by atoms with Crippen molar-refractivity contribution in [1.82, 2.24) is 24.1 Å². The van der Waals surface area contributed by atoms with Crippen LogP contribution in [0.2, 0.25) is 0 Å². The van der Waals surface area contributed by atoms with E-state index in [1.165, 1.54) is 40.3 Å². The van der Waals surface area contributed by atoms with Crippen LogP contribution in [0.1, 0.15) is 21.7 Å². The number of fused-ring (bicyclic) bond motifs is 1. The van der Waals surface area contributed by atoms with E-state index in [-0.39, 0.29) is 23.7 Å². The molecule has 3 aromatic heterocycles. The molecule has 0 spiro atoms. The van der Waals surface area contributed by atoms with Crippen molar-refractivity contribution in [2.45, 2.75) is 20.4 Å². The Bertz CT molecular complexity index is 1800. The Morgan fingerprint density at radius 2 is 1.92 bits per heavy atom. The van der Waals surface area contributed by atoms with E-state index in [9.17, 15) is 19.2 Å². The van der Waals surface area contributed by atoms with Crippen LogP contribution >= 0.6 is 11.3 Å². The minimum atomic E-state index is -0.780. The fourth-order valence-corrected chi connectivity index (χ4v) is 4.67. The van der Waals surface area contributed by atoms with Crippen molar-refractivity contribution in [1.29, 1.82) is 5.26 Å². The largest absolute Gasteiger partial charge is 0.359 e. The van der Waals surface area contributed by atoms with E-state index in [1.807, 2.05) is 19.1 Å². The fourth-order valence-electron chi connectivity index (χ4n) is 3.80. The van der Waals surface area contributed by atoms with E-state index in [1.54, 1.807) is 31.3 Å². The molecule has 2 aromatic carbocycles. The summed E-state index contributed by atoms with van der Waals surface area (Å²) in [6.07, 6.45) is 3.01.